The molecule has 0 unspecified atom stereocenters. The summed E-state index contributed by atoms with van der Waals surface area (Å²) < 4.78 is 5.24. The number of hydrogen-bond acceptors (Lipinski definition) is 4. The molecule has 1 aromatic carbocycles. The average Bonchev–Trinajstić information content (AvgIpc) is 2.41. The monoisotopic (exact) mass is 317 g/mol. The summed E-state index contributed by atoms with van der Waals surface area (Å²) >= 11 is 7.31. The first-order valence-corrected chi connectivity index (χ1v) is 7.69. The SMILES string of the molecule is CSCC[C@@H](NC(=O)COc1cccc(Cl)c1)C(=O)O. The molecular weight excluding hydrogens is 302 g/mol. The smallest absolute Gasteiger partial charge is 0.326 e. The van der Waals surface area contributed by atoms with Gasteiger partial charge >= 0.3 is 5.97 Å². The van der Waals surface area contributed by atoms with Crippen molar-refractivity contribution < 1.29 is 19.4 Å². The summed E-state index contributed by atoms with van der Waals surface area (Å²) in [5.74, 6) is -0.399. The molecule has 0 aliphatic heterocycles. The van der Waals surface area contributed by atoms with E-state index < -0.39 is 17.9 Å². The highest BCUT2D eigenvalue weighted by Crippen LogP contribution is 2.16. The van der Waals surface area contributed by atoms with E-state index in [1.165, 1.54) is 11.8 Å². The highest BCUT2D eigenvalue weighted by atomic mass is 35.5. The van der Waals surface area contributed by atoms with E-state index in [1.807, 2.05) is 6.26 Å². The second-order valence-electron chi connectivity index (χ2n) is 3.99. The van der Waals surface area contributed by atoms with E-state index in [9.17, 15) is 9.59 Å². The molecule has 110 valence electrons. The van der Waals surface area contributed by atoms with E-state index in [0.717, 1.165) is 0 Å². The van der Waals surface area contributed by atoms with E-state index >= 15 is 0 Å². The van der Waals surface area contributed by atoms with Crippen LogP contribution in [0.2, 0.25) is 5.02 Å². The summed E-state index contributed by atoms with van der Waals surface area (Å²) in [6.45, 7) is -0.247. The third-order valence-electron chi connectivity index (χ3n) is 2.41. The summed E-state index contributed by atoms with van der Waals surface area (Å²) in [6.07, 6.45) is 2.25. The Labute approximate surface area is 126 Å². The first-order chi connectivity index (χ1) is 9.52. The lowest BCUT2D eigenvalue weighted by Gasteiger charge is -2.14. The molecule has 0 aliphatic rings. The Kier molecular flexibility index (Phi) is 7.25. The van der Waals surface area contributed by atoms with Gasteiger partial charge in [-0.15, -0.1) is 0 Å². The molecule has 7 heteroatoms. The van der Waals surface area contributed by atoms with Crippen LogP contribution in [0.25, 0.3) is 0 Å². The predicted octanol–water partition coefficient (Wildman–Crippen LogP) is 2.04. The van der Waals surface area contributed by atoms with Crippen LogP contribution in [0.15, 0.2) is 24.3 Å². The molecule has 0 saturated carbocycles. The van der Waals surface area contributed by atoms with Gasteiger partial charge in [0.15, 0.2) is 6.61 Å². The van der Waals surface area contributed by atoms with Crippen LogP contribution < -0.4 is 10.1 Å². The minimum Gasteiger partial charge on any atom is -0.484 e. The zero-order chi connectivity index (χ0) is 15.0. The maximum Gasteiger partial charge on any atom is 0.326 e. The van der Waals surface area contributed by atoms with Gasteiger partial charge in [-0.2, -0.15) is 11.8 Å². The molecule has 0 aliphatic carbocycles. The molecule has 0 bridgehead atoms. The van der Waals surface area contributed by atoms with E-state index in [1.54, 1.807) is 24.3 Å². The Morgan fingerprint density at radius 1 is 1.50 bits per heavy atom. The molecular formula is C13H16ClNO4S. The molecule has 0 aromatic heterocycles. The molecule has 1 atom stereocenters. The fraction of sp³-hybridized carbons (Fsp3) is 0.385. The molecule has 5 nitrogen and oxygen atoms in total. The van der Waals surface area contributed by atoms with Crippen molar-refractivity contribution in [3.8, 4) is 5.75 Å². The molecule has 1 amide bonds. The van der Waals surface area contributed by atoms with Gasteiger partial charge in [-0.25, -0.2) is 4.79 Å². The fourth-order valence-corrected chi connectivity index (χ4v) is 2.09. The standard InChI is InChI=1S/C13H16ClNO4S/c1-20-6-5-11(13(17)18)15-12(16)8-19-10-4-2-3-9(14)7-10/h2-4,7,11H,5-6,8H2,1H3,(H,15,16)(H,17,18)/t11-/m1/s1. The summed E-state index contributed by atoms with van der Waals surface area (Å²) in [4.78, 5) is 22.6. The number of carbonyl (C=O) groups excluding carboxylic acids is 1. The number of ether oxygens (including phenoxy) is 1. The summed E-state index contributed by atoms with van der Waals surface area (Å²) in [6, 6.07) is 5.75. The van der Waals surface area contributed by atoms with Gasteiger partial charge in [0.05, 0.1) is 0 Å². The Morgan fingerprint density at radius 3 is 2.85 bits per heavy atom. The number of carboxylic acid groups (broad SMARTS) is 1. The van der Waals surface area contributed by atoms with Gasteiger partial charge < -0.3 is 15.2 Å². The number of halogens is 1. The molecule has 0 fully saturated rings. The second-order valence-corrected chi connectivity index (χ2v) is 5.41. The van der Waals surface area contributed by atoms with Crippen molar-refractivity contribution >= 4 is 35.2 Å². The molecule has 1 aromatic rings. The minimum atomic E-state index is -1.05. The first kappa shape index (κ1) is 16.7. The lowest BCUT2D eigenvalue weighted by atomic mass is 10.2. The Balaban J connectivity index is 2.43. The minimum absolute atomic E-state index is 0.247. The molecule has 0 saturated heterocycles. The number of hydrogen-bond donors (Lipinski definition) is 2. The van der Waals surface area contributed by atoms with E-state index in [-0.39, 0.29) is 6.61 Å². The van der Waals surface area contributed by atoms with Crippen LogP contribution in [0.3, 0.4) is 0 Å². The van der Waals surface area contributed by atoms with E-state index in [2.05, 4.69) is 5.32 Å². The summed E-state index contributed by atoms with van der Waals surface area (Å²) in [5, 5.41) is 11.9. The van der Waals surface area contributed by atoms with Crippen LogP contribution in [0.5, 0.6) is 5.75 Å². The second kappa shape index (κ2) is 8.71. The van der Waals surface area contributed by atoms with Crippen molar-refractivity contribution in [2.24, 2.45) is 0 Å². The predicted molar refractivity (Wildman–Crippen MR) is 79.5 cm³/mol. The third-order valence-corrected chi connectivity index (χ3v) is 3.29. The maximum absolute atomic E-state index is 11.6. The topological polar surface area (TPSA) is 75.6 Å². The van der Waals surface area contributed by atoms with Gasteiger partial charge in [-0.05, 0) is 36.6 Å². The van der Waals surface area contributed by atoms with Crippen LogP contribution in [0.1, 0.15) is 6.42 Å². The number of rotatable bonds is 8. The third kappa shape index (κ3) is 6.16. The van der Waals surface area contributed by atoms with Crippen molar-refractivity contribution in [1.29, 1.82) is 0 Å². The maximum atomic E-state index is 11.6. The van der Waals surface area contributed by atoms with Gasteiger partial charge in [0.1, 0.15) is 11.8 Å². The highest BCUT2D eigenvalue weighted by Gasteiger charge is 2.19. The number of nitrogens with one attached hydrogen (secondary N) is 1. The summed E-state index contributed by atoms with van der Waals surface area (Å²) in [7, 11) is 0. The number of amides is 1. The van der Waals surface area contributed by atoms with Crippen LogP contribution >= 0.6 is 23.4 Å². The Morgan fingerprint density at radius 2 is 2.25 bits per heavy atom. The van der Waals surface area contributed by atoms with Crippen molar-refractivity contribution in [2.75, 3.05) is 18.6 Å². The Hall–Kier alpha value is -1.40. The first-order valence-electron chi connectivity index (χ1n) is 5.92. The van der Waals surface area contributed by atoms with Crippen molar-refractivity contribution in [1.82, 2.24) is 5.32 Å². The largest absolute Gasteiger partial charge is 0.484 e. The summed E-state index contributed by atoms with van der Waals surface area (Å²) in [5.41, 5.74) is 0. The molecule has 0 heterocycles. The normalized spacial score (nSPS) is 11.7. The molecule has 2 N–H and O–H groups in total. The van der Waals surface area contributed by atoms with Crippen molar-refractivity contribution in [2.45, 2.75) is 12.5 Å². The van der Waals surface area contributed by atoms with Crippen LogP contribution in [0.4, 0.5) is 0 Å². The molecule has 20 heavy (non-hydrogen) atoms. The number of carboxylic acids is 1. The molecule has 0 radical (unpaired) electrons. The molecule has 1 rings (SSSR count). The van der Waals surface area contributed by atoms with Crippen LogP contribution in [-0.4, -0.2) is 41.6 Å². The molecule has 0 spiro atoms. The highest BCUT2D eigenvalue weighted by molar-refractivity contribution is 7.98. The van der Waals surface area contributed by atoms with Gasteiger partial charge in [0.25, 0.3) is 5.91 Å². The lowest BCUT2D eigenvalue weighted by molar-refractivity contribution is -0.142. The van der Waals surface area contributed by atoms with Crippen LogP contribution in [-0.2, 0) is 9.59 Å². The number of thioether (sulfide) groups is 1. The number of aliphatic carboxylic acids is 1. The Bertz CT molecular complexity index is 469. The van der Waals surface area contributed by atoms with Gasteiger partial charge in [-0.1, -0.05) is 17.7 Å². The quantitative estimate of drug-likeness (QED) is 0.767. The van der Waals surface area contributed by atoms with Crippen molar-refractivity contribution in [3.05, 3.63) is 29.3 Å². The van der Waals surface area contributed by atoms with Gasteiger partial charge in [-0.3, -0.25) is 4.79 Å². The average molecular weight is 318 g/mol. The van der Waals surface area contributed by atoms with E-state index in [4.69, 9.17) is 21.4 Å². The lowest BCUT2D eigenvalue weighted by Crippen LogP contribution is -2.43. The number of benzene rings is 1. The van der Waals surface area contributed by atoms with Crippen LogP contribution in [0, 0.1) is 0 Å². The zero-order valence-electron chi connectivity index (χ0n) is 11.0. The van der Waals surface area contributed by atoms with Crippen molar-refractivity contribution in [3.63, 3.8) is 0 Å². The fourth-order valence-electron chi connectivity index (χ4n) is 1.43. The number of carbonyl (C=O) groups is 2. The zero-order valence-corrected chi connectivity index (χ0v) is 12.5. The van der Waals surface area contributed by atoms with Gasteiger partial charge in [0.2, 0.25) is 0 Å². The van der Waals surface area contributed by atoms with E-state index in [0.29, 0.717) is 22.9 Å². The van der Waals surface area contributed by atoms with Gasteiger partial charge in [0, 0.05) is 5.02 Å².